The van der Waals surface area contributed by atoms with Gasteiger partial charge in [-0.15, -0.1) is 12.4 Å². The second-order valence-electron chi connectivity index (χ2n) is 4.71. The van der Waals surface area contributed by atoms with Crippen LogP contribution in [0.3, 0.4) is 0 Å². The lowest BCUT2D eigenvalue weighted by Crippen LogP contribution is -2.39. The lowest BCUT2D eigenvalue weighted by molar-refractivity contribution is 0.180. The monoisotopic (exact) mass is 322 g/mol. The third-order valence-corrected chi connectivity index (χ3v) is 3.08. The molecule has 2 aromatic heterocycles. The minimum atomic E-state index is -2.93. The van der Waals surface area contributed by atoms with E-state index in [1.165, 1.54) is 0 Å². The molecule has 0 saturated carbocycles. The van der Waals surface area contributed by atoms with Gasteiger partial charge in [0.05, 0.1) is 12.4 Å². The van der Waals surface area contributed by atoms with Gasteiger partial charge in [-0.25, -0.2) is 9.78 Å². The van der Waals surface area contributed by atoms with Gasteiger partial charge in [0, 0.05) is 28.7 Å². The number of imidazole rings is 1. The van der Waals surface area contributed by atoms with Crippen LogP contribution in [0, 0.1) is 0 Å². The fourth-order valence-corrected chi connectivity index (χ4v) is 2.03. The zero-order chi connectivity index (χ0) is 19.9. The Morgan fingerprint density at radius 1 is 1.38 bits per heavy atom. The molecule has 1 atom stereocenters. The highest BCUT2D eigenvalue weighted by Gasteiger charge is 2.14. The first-order valence-electron chi connectivity index (χ1n) is 9.27. The van der Waals surface area contributed by atoms with Crippen molar-refractivity contribution in [3.8, 4) is 0 Å². The highest BCUT2D eigenvalue weighted by molar-refractivity contribution is 5.85. The number of aryl methyl sites for hydroxylation is 2. The van der Waals surface area contributed by atoms with Gasteiger partial charge < -0.3 is 9.67 Å². The van der Waals surface area contributed by atoms with E-state index in [-0.39, 0.29) is 19.0 Å². The summed E-state index contributed by atoms with van der Waals surface area (Å²) in [6, 6.07) is 0. The van der Waals surface area contributed by atoms with E-state index in [0.29, 0.717) is 33.0 Å². The van der Waals surface area contributed by atoms with Crippen molar-refractivity contribution >= 4 is 23.6 Å². The molecule has 21 heavy (non-hydrogen) atoms. The van der Waals surface area contributed by atoms with Crippen molar-refractivity contribution in [2.24, 2.45) is 14.0 Å². The van der Waals surface area contributed by atoms with Crippen molar-refractivity contribution in [1.82, 2.24) is 18.7 Å². The van der Waals surface area contributed by atoms with E-state index < -0.39 is 42.5 Å². The fourth-order valence-electron chi connectivity index (χ4n) is 2.03. The second kappa shape index (κ2) is 6.91. The SMILES string of the molecule is Cl.[2H]C([2H])([2H])n1cnc2c1c(=O)n(CCCCC(C)O)c(=O)n2C([2H])([2H])[2H]. The van der Waals surface area contributed by atoms with Crippen molar-refractivity contribution in [3.05, 3.63) is 27.2 Å². The molecule has 2 rings (SSSR count). The number of halogens is 1. The molecule has 1 unspecified atom stereocenters. The summed E-state index contributed by atoms with van der Waals surface area (Å²) >= 11 is 0. The lowest BCUT2D eigenvalue weighted by Gasteiger charge is -2.09. The third-order valence-electron chi connectivity index (χ3n) is 3.08. The van der Waals surface area contributed by atoms with Crippen LogP contribution in [0.1, 0.15) is 34.4 Å². The van der Waals surface area contributed by atoms with Gasteiger partial charge >= 0.3 is 5.69 Å². The van der Waals surface area contributed by atoms with E-state index >= 15 is 0 Å². The number of fused-ring (bicyclic) bond motifs is 1. The Labute approximate surface area is 136 Å². The zero-order valence-electron chi connectivity index (χ0n) is 17.4. The number of unbranched alkanes of at least 4 members (excludes halogenated alkanes) is 1. The standard InChI is InChI=1S/C13H20N4O3.ClH/c1-9(18)6-4-5-7-17-12(19)10-11(14-8-15(10)2)16(3)13(17)20;/h8-9,18H,4-7H2,1-3H3;1H/i2D3,3D3;. The minimum Gasteiger partial charge on any atom is -0.393 e. The van der Waals surface area contributed by atoms with Gasteiger partial charge in [0.2, 0.25) is 0 Å². The van der Waals surface area contributed by atoms with Gasteiger partial charge in [0.1, 0.15) is 0 Å². The summed E-state index contributed by atoms with van der Waals surface area (Å²) in [5, 5.41) is 9.27. The molecule has 0 bridgehead atoms. The number of aliphatic hydroxyl groups is 1. The molecule has 0 radical (unpaired) electrons. The van der Waals surface area contributed by atoms with Gasteiger partial charge in [-0.3, -0.25) is 13.9 Å². The maximum Gasteiger partial charge on any atom is 0.332 e. The van der Waals surface area contributed by atoms with E-state index in [2.05, 4.69) is 4.98 Å². The first-order chi connectivity index (χ1) is 11.9. The summed E-state index contributed by atoms with van der Waals surface area (Å²) < 4.78 is 46.8. The predicted octanol–water partition coefficient (Wildman–Crippen LogP) is 0.407. The number of hydrogen-bond acceptors (Lipinski definition) is 4. The van der Waals surface area contributed by atoms with Crippen molar-refractivity contribution in [2.45, 2.75) is 38.8 Å². The van der Waals surface area contributed by atoms with Gasteiger partial charge in [-0.1, -0.05) is 0 Å². The Kier molecular flexibility index (Phi) is 3.35. The van der Waals surface area contributed by atoms with Crippen LogP contribution in [-0.2, 0) is 20.5 Å². The van der Waals surface area contributed by atoms with Gasteiger partial charge in [-0.05, 0) is 26.2 Å². The molecule has 7 nitrogen and oxygen atoms in total. The van der Waals surface area contributed by atoms with Gasteiger partial charge in [0.25, 0.3) is 5.56 Å². The largest absolute Gasteiger partial charge is 0.393 e. The molecule has 1 N–H and O–H groups in total. The summed E-state index contributed by atoms with van der Waals surface area (Å²) in [6.45, 7) is -4.18. The topological polar surface area (TPSA) is 82.1 Å². The van der Waals surface area contributed by atoms with Crippen molar-refractivity contribution in [1.29, 1.82) is 0 Å². The second-order valence-corrected chi connectivity index (χ2v) is 4.71. The molecule has 118 valence electrons. The smallest absolute Gasteiger partial charge is 0.332 e. The number of hydrogen-bond donors (Lipinski definition) is 1. The van der Waals surface area contributed by atoms with Crippen LogP contribution >= 0.6 is 12.4 Å². The van der Waals surface area contributed by atoms with Crippen LogP contribution in [0.4, 0.5) is 0 Å². The van der Waals surface area contributed by atoms with E-state index in [1.54, 1.807) is 6.92 Å². The molecule has 0 fully saturated rings. The molecule has 0 aliphatic rings. The maximum atomic E-state index is 12.7. The summed E-state index contributed by atoms with van der Waals surface area (Å²) in [6.07, 6.45) is 1.60. The summed E-state index contributed by atoms with van der Waals surface area (Å²) in [4.78, 5) is 28.9. The van der Waals surface area contributed by atoms with E-state index in [4.69, 9.17) is 8.22 Å². The van der Waals surface area contributed by atoms with Crippen LogP contribution in [0.25, 0.3) is 11.2 Å². The van der Waals surface area contributed by atoms with E-state index in [0.717, 1.165) is 6.33 Å². The lowest BCUT2D eigenvalue weighted by atomic mass is 10.2. The van der Waals surface area contributed by atoms with E-state index in [1.807, 2.05) is 0 Å². The Morgan fingerprint density at radius 3 is 2.76 bits per heavy atom. The molecular weight excluding hydrogens is 296 g/mol. The Morgan fingerprint density at radius 2 is 2.14 bits per heavy atom. The quantitative estimate of drug-likeness (QED) is 0.808. The number of nitrogens with zero attached hydrogens (tertiary/aromatic N) is 4. The number of aliphatic hydroxyl groups excluding tert-OH is 1. The van der Waals surface area contributed by atoms with E-state index in [9.17, 15) is 14.7 Å². The average molecular weight is 323 g/mol. The normalized spacial score (nSPS) is 17.8. The van der Waals surface area contributed by atoms with Gasteiger partial charge in [0.15, 0.2) is 11.2 Å². The van der Waals surface area contributed by atoms with Gasteiger partial charge in [-0.2, -0.15) is 0 Å². The minimum absolute atomic E-state index is 0. The summed E-state index contributed by atoms with van der Waals surface area (Å²) in [5.41, 5.74) is -2.93. The highest BCUT2D eigenvalue weighted by atomic mass is 35.5. The van der Waals surface area contributed by atoms with Crippen LogP contribution in [0.5, 0.6) is 0 Å². The maximum absolute atomic E-state index is 12.7. The number of rotatable bonds is 5. The van der Waals surface area contributed by atoms with Crippen LogP contribution in [0.2, 0.25) is 0 Å². The Balaban J connectivity index is 0.00000364. The first kappa shape index (κ1) is 10.2. The Bertz CT molecular complexity index is 912. The first-order valence-corrected chi connectivity index (χ1v) is 6.27. The molecule has 0 saturated heterocycles. The molecule has 0 amide bonds. The van der Waals surface area contributed by atoms with Crippen LogP contribution in [0.15, 0.2) is 15.9 Å². The molecule has 8 heteroatoms. The molecule has 2 aromatic rings. The highest BCUT2D eigenvalue weighted by Crippen LogP contribution is 2.04. The molecule has 0 spiro atoms. The van der Waals surface area contributed by atoms with Crippen molar-refractivity contribution in [2.75, 3.05) is 0 Å². The van der Waals surface area contributed by atoms with Crippen LogP contribution in [-0.4, -0.2) is 29.9 Å². The average Bonchev–Trinajstić information content (AvgIpc) is 2.89. The third kappa shape index (κ3) is 3.36. The predicted molar refractivity (Wildman–Crippen MR) is 83.0 cm³/mol. The fraction of sp³-hybridized carbons (Fsp3) is 0.615. The number of aromatic nitrogens is 4. The van der Waals surface area contributed by atoms with Crippen molar-refractivity contribution in [3.63, 3.8) is 0 Å². The van der Waals surface area contributed by atoms with Crippen LogP contribution < -0.4 is 11.2 Å². The zero-order valence-corrected chi connectivity index (χ0v) is 12.3. The summed E-state index contributed by atoms with van der Waals surface area (Å²) in [7, 11) is 0. The molecule has 0 aliphatic heterocycles. The molecule has 0 aromatic carbocycles. The molecule has 2 heterocycles. The Hall–Kier alpha value is -1.60. The summed E-state index contributed by atoms with van der Waals surface area (Å²) in [5.74, 6) is 0. The molecular formula is C13H21ClN4O3. The molecule has 0 aliphatic carbocycles. The van der Waals surface area contributed by atoms with Crippen molar-refractivity contribution < 1.29 is 13.3 Å².